The molecule has 3 heterocycles. The van der Waals surface area contributed by atoms with Crippen LogP contribution in [-0.2, 0) is 21.4 Å². The smallest absolute Gasteiger partial charge is 0.260 e. The Morgan fingerprint density at radius 3 is 2.86 bits per heavy atom. The van der Waals surface area contributed by atoms with Gasteiger partial charge in [0.2, 0.25) is 0 Å². The number of aliphatic hydroxyl groups excluding tert-OH is 1. The van der Waals surface area contributed by atoms with Crippen molar-refractivity contribution in [2.24, 2.45) is 0 Å². The summed E-state index contributed by atoms with van der Waals surface area (Å²) < 4.78 is 32.0. The third-order valence-corrected chi connectivity index (χ3v) is 6.02. The first-order valence-corrected chi connectivity index (χ1v) is 8.52. The van der Waals surface area contributed by atoms with Crippen LogP contribution in [-0.4, -0.2) is 78.4 Å². The van der Waals surface area contributed by atoms with Crippen LogP contribution in [0.5, 0.6) is 0 Å². The normalized spacial score (nSPS) is 25.5. The molecule has 21 heavy (non-hydrogen) atoms. The number of rotatable bonds is 4. The van der Waals surface area contributed by atoms with Crippen molar-refractivity contribution in [3.63, 3.8) is 0 Å². The Bertz CT molecular complexity index is 582. The number of sulfonamides is 1. The van der Waals surface area contributed by atoms with Gasteiger partial charge in [0.15, 0.2) is 5.03 Å². The SMILES string of the molecule is O=S(=O)(c1[nH]ncc1CO)N1CCC(N2CCOCC2)C1. The van der Waals surface area contributed by atoms with Gasteiger partial charge < -0.3 is 9.84 Å². The van der Waals surface area contributed by atoms with Crippen LogP contribution in [0.25, 0.3) is 0 Å². The second-order valence-corrected chi connectivity index (χ2v) is 7.21. The second kappa shape index (κ2) is 6.01. The number of aliphatic hydroxyl groups is 1. The van der Waals surface area contributed by atoms with Crippen molar-refractivity contribution in [3.05, 3.63) is 11.8 Å². The zero-order valence-corrected chi connectivity index (χ0v) is 12.5. The highest BCUT2D eigenvalue weighted by Crippen LogP contribution is 2.24. The molecule has 0 aliphatic carbocycles. The van der Waals surface area contributed by atoms with Crippen LogP contribution >= 0.6 is 0 Å². The van der Waals surface area contributed by atoms with Crippen molar-refractivity contribution in [3.8, 4) is 0 Å². The highest BCUT2D eigenvalue weighted by atomic mass is 32.2. The van der Waals surface area contributed by atoms with Crippen LogP contribution in [0, 0.1) is 0 Å². The molecule has 2 aliphatic rings. The number of hydrogen-bond acceptors (Lipinski definition) is 6. The molecule has 1 aromatic rings. The molecule has 0 spiro atoms. The van der Waals surface area contributed by atoms with E-state index in [9.17, 15) is 13.5 Å². The van der Waals surface area contributed by atoms with E-state index in [2.05, 4.69) is 15.1 Å². The Hall–Kier alpha value is -1.00. The van der Waals surface area contributed by atoms with Gasteiger partial charge in [-0.2, -0.15) is 9.40 Å². The third kappa shape index (κ3) is 2.84. The molecular weight excluding hydrogens is 296 g/mol. The van der Waals surface area contributed by atoms with E-state index in [-0.39, 0.29) is 17.7 Å². The summed E-state index contributed by atoms with van der Waals surface area (Å²) in [5.74, 6) is 0. The monoisotopic (exact) mass is 316 g/mol. The minimum absolute atomic E-state index is 0.00706. The predicted molar refractivity (Wildman–Crippen MR) is 74.1 cm³/mol. The van der Waals surface area contributed by atoms with E-state index in [0.717, 1.165) is 19.5 Å². The first-order valence-electron chi connectivity index (χ1n) is 7.08. The minimum Gasteiger partial charge on any atom is -0.392 e. The summed E-state index contributed by atoms with van der Waals surface area (Å²) >= 11 is 0. The molecule has 118 valence electrons. The van der Waals surface area contributed by atoms with E-state index in [1.165, 1.54) is 10.5 Å². The van der Waals surface area contributed by atoms with Crippen LogP contribution < -0.4 is 0 Å². The van der Waals surface area contributed by atoms with Crippen LogP contribution in [0.15, 0.2) is 11.2 Å². The summed E-state index contributed by atoms with van der Waals surface area (Å²) in [6.07, 6.45) is 2.17. The molecule has 1 unspecified atom stereocenters. The van der Waals surface area contributed by atoms with Crippen LogP contribution in [0.3, 0.4) is 0 Å². The predicted octanol–water partition coefficient (Wildman–Crippen LogP) is -1.00. The number of ether oxygens (including phenoxy) is 1. The van der Waals surface area contributed by atoms with E-state index >= 15 is 0 Å². The summed E-state index contributed by atoms with van der Waals surface area (Å²) in [5, 5.41) is 15.4. The van der Waals surface area contributed by atoms with E-state index in [1.807, 2.05) is 0 Å². The average molecular weight is 316 g/mol. The molecule has 1 atom stereocenters. The number of aromatic nitrogens is 2. The van der Waals surface area contributed by atoms with E-state index in [1.54, 1.807) is 0 Å². The average Bonchev–Trinajstić information content (AvgIpc) is 3.17. The Labute approximate surface area is 123 Å². The Balaban J connectivity index is 1.73. The Morgan fingerprint density at radius 1 is 1.38 bits per heavy atom. The fourth-order valence-corrected chi connectivity index (χ4v) is 4.52. The number of nitrogens with one attached hydrogen (secondary N) is 1. The van der Waals surface area contributed by atoms with Crippen LogP contribution in [0.2, 0.25) is 0 Å². The Kier molecular flexibility index (Phi) is 4.27. The molecule has 0 aromatic carbocycles. The molecular formula is C12H20N4O4S. The van der Waals surface area contributed by atoms with Gasteiger partial charge in [0.1, 0.15) is 0 Å². The number of aromatic amines is 1. The summed E-state index contributed by atoms with van der Waals surface area (Å²) in [6.45, 7) is 3.75. The van der Waals surface area contributed by atoms with E-state index in [0.29, 0.717) is 31.9 Å². The Morgan fingerprint density at radius 2 is 2.14 bits per heavy atom. The lowest BCUT2D eigenvalue weighted by atomic mass is 10.2. The van der Waals surface area contributed by atoms with E-state index in [4.69, 9.17) is 4.74 Å². The molecule has 0 bridgehead atoms. The molecule has 2 N–H and O–H groups in total. The first kappa shape index (κ1) is 14.9. The lowest BCUT2D eigenvalue weighted by molar-refractivity contribution is 0.0196. The number of H-pyrrole nitrogens is 1. The summed E-state index contributed by atoms with van der Waals surface area (Å²) in [7, 11) is -3.61. The van der Waals surface area contributed by atoms with Crippen molar-refractivity contribution in [1.82, 2.24) is 19.4 Å². The van der Waals surface area contributed by atoms with Gasteiger partial charge in [0.25, 0.3) is 10.0 Å². The molecule has 2 saturated heterocycles. The first-order chi connectivity index (χ1) is 10.1. The molecule has 2 fully saturated rings. The molecule has 0 amide bonds. The molecule has 1 aromatic heterocycles. The van der Waals surface area contributed by atoms with E-state index < -0.39 is 10.0 Å². The third-order valence-electron chi connectivity index (χ3n) is 4.13. The van der Waals surface area contributed by atoms with Crippen molar-refractivity contribution >= 4 is 10.0 Å². The van der Waals surface area contributed by atoms with Gasteiger partial charge in [-0.3, -0.25) is 10.00 Å². The van der Waals surface area contributed by atoms with Crippen molar-refractivity contribution in [2.75, 3.05) is 39.4 Å². The number of nitrogens with zero attached hydrogens (tertiary/aromatic N) is 3. The zero-order chi connectivity index (χ0) is 14.9. The summed E-state index contributed by atoms with van der Waals surface area (Å²) in [6, 6.07) is 0.240. The summed E-state index contributed by atoms with van der Waals surface area (Å²) in [5.41, 5.74) is 0.310. The maximum atomic E-state index is 12.6. The molecule has 3 rings (SSSR count). The molecule has 2 aliphatic heterocycles. The fraction of sp³-hybridized carbons (Fsp3) is 0.750. The van der Waals surface area contributed by atoms with Gasteiger partial charge in [-0.15, -0.1) is 0 Å². The van der Waals surface area contributed by atoms with Gasteiger partial charge in [0.05, 0.1) is 26.0 Å². The quantitative estimate of drug-likeness (QED) is 0.739. The maximum absolute atomic E-state index is 12.6. The van der Waals surface area contributed by atoms with Gasteiger partial charge in [-0.1, -0.05) is 0 Å². The van der Waals surface area contributed by atoms with Crippen molar-refractivity contribution in [2.45, 2.75) is 24.1 Å². The lowest BCUT2D eigenvalue weighted by Crippen LogP contribution is -2.45. The standard InChI is InChI=1S/C12H20N4O4S/c17-9-10-7-13-14-12(10)21(18,19)16-2-1-11(8-16)15-3-5-20-6-4-15/h7,11,17H,1-6,8-9H2,(H,13,14). The lowest BCUT2D eigenvalue weighted by Gasteiger charge is -2.32. The topological polar surface area (TPSA) is 98.8 Å². The largest absolute Gasteiger partial charge is 0.392 e. The molecule has 0 radical (unpaired) electrons. The minimum atomic E-state index is -3.61. The number of morpholine rings is 1. The molecule has 8 nitrogen and oxygen atoms in total. The second-order valence-electron chi connectivity index (χ2n) is 5.34. The van der Waals surface area contributed by atoms with Gasteiger partial charge >= 0.3 is 0 Å². The fourth-order valence-electron chi connectivity index (χ4n) is 2.93. The highest BCUT2D eigenvalue weighted by Gasteiger charge is 2.37. The summed E-state index contributed by atoms with van der Waals surface area (Å²) in [4.78, 5) is 2.29. The van der Waals surface area contributed by atoms with Gasteiger partial charge in [-0.25, -0.2) is 8.42 Å². The van der Waals surface area contributed by atoms with Crippen LogP contribution in [0.1, 0.15) is 12.0 Å². The number of hydrogen-bond donors (Lipinski definition) is 2. The molecule has 9 heteroatoms. The van der Waals surface area contributed by atoms with Crippen molar-refractivity contribution < 1.29 is 18.3 Å². The van der Waals surface area contributed by atoms with Gasteiger partial charge in [0, 0.05) is 37.8 Å². The highest BCUT2D eigenvalue weighted by molar-refractivity contribution is 7.89. The molecule has 0 saturated carbocycles. The van der Waals surface area contributed by atoms with Crippen molar-refractivity contribution in [1.29, 1.82) is 0 Å². The van der Waals surface area contributed by atoms with Crippen LogP contribution in [0.4, 0.5) is 0 Å². The maximum Gasteiger partial charge on any atom is 0.260 e. The van der Waals surface area contributed by atoms with Gasteiger partial charge in [-0.05, 0) is 6.42 Å². The zero-order valence-electron chi connectivity index (χ0n) is 11.7.